The average molecular weight is 388 g/mol. The van der Waals surface area contributed by atoms with Gasteiger partial charge in [-0.3, -0.25) is 13.9 Å². The molecule has 0 spiro atoms. The molecule has 2 aromatic carbocycles. The first-order valence-electron chi connectivity index (χ1n) is 8.54. The zero-order valence-electron chi connectivity index (χ0n) is 15.9. The van der Waals surface area contributed by atoms with E-state index in [0.717, 1.165) is 27.4 Å². The number of carbonyl (C=O) groups excluding carboxylic acids is 2. The summed E-state index contributed by atoms with van der Waals surface area (Å²) in [5.74, 6) is -0.429. The van der Waals surface area contributed by atoms with Gasteiger partial charge in [0.1, 0.15) is 0 Å². The molecule has 0 fully saturated rings. The topological polar surface area (TPSA) is 83.6 Å². The molecule has 2 aromatic rings. The lowest BCUT2D eigenvalue weighted by Crippen LogP contribution is -2.33. The Morgan fingerprint density at radius 3 is 2.19 bits per heavy atom. The highest BCUT2D eigenvalue weighted by Crippen LogP contribution is 2.22. The van der Waals surface area contributed by atoms with Crippen LogP contribution in [-0.2, 0) is 14.8 Å². The summed E-state index contributed by atoms with van der Waals surface area (Å²) in [7, 11) is -3.60. The van der Waals surface area contributed by atoms with Gasteiger partial charge in [-0.15, -0.1) is 0 Å². The summed E-state index contributed by atoms with van der Waals surface area (Å²) in [6.07, 6.45) is 1.07. The number of aryl methyl sites for hydroxylation is 2. The van der Waals surface area contributed by atoms with Crippen LogP contribution >= 0.6 is 0 Å². The molecule has 27 heavy (non-hydrogen) atoms. The monoisotopic (exact) mass is 388 g/mol. The van der Waals surface area contributed by atoms with Crippen molar-refractivity contribution in [1.82, 2.24) is 0 Å². The highest BCUT2D eigenvalue weighted by molar-refractivity contribution is 7.92. The number of rotatable bonds is 7. The van der Waals surface area contributed by atoms with Crippen molar-refractivity contribution in [3.8, 4) is 0 Å². The molecule has 0 heterocycles. The van der Waals surface area contributed by atoms with E-state index in [1.54, 1.807) is 18.2 Å². The second-order valence-electron chi connectivity index (χ2n) is 6.51. The van der Waals surface area contributed by atoms with E-state index in [9.17, 15) is 18.0 Å². The molecule has 0 saturated carbocycles. The van der Waals surface area contributed by atoms with E-state index >= 15 is 0 Å². The SMILES string of the molecule is CC(=O)c1cccc(N(CCC(=O)Nc2c(C)cccc2C)S(C)(=O)=O)c1. The number of benzene rings is 2. The number of Topliss-reactive ketones (excluding diaryl/α,β-unsaturated/α-hetero) is 1. The molecule has 2 rings (SSSR count). The van der Waals surface area contributed by atoms with Crippen molar-refractivity contribution >= 4 is 33.1 Å². The average Bonchev–Trinajstić information content (AvgIpc) is 2.57. The summed E-state index contributed by atoms with van der Waals surface area (Å²) in [6, 6.07) is 12.1. The van der Waals surface area contributed by atoms with Gasteiger partial charge in [0.2, 0.25) is 15.9 Å². The number of carbonyl (C=O) groups is 2. The fourth-order valence-electron chi connectivity index (χ4n) is 2.78. The first kappa shape index (κ1) is 20.6. The summed E-state index contributed by atoms with van der Waals surface area (Å²) < 4.78 is 25.5. The summed E-state index contributed by atoms with van der Waals surface area (Å²) in [4.78, 5) is 23.9. The lowest BCUT2D eigenvalue weighted by molar-refractivity contribution is -0.116. The van der Waals surface area contributed by atoms with Crippen LogP contribution in [-0.4, -0.2) is 32.9 Å². The van der Waals surface area contributed by atoms with E-state index in [1.165, 1.54) is 13.0 Å². The van der Waals surface area contributed by atoms with E-state index < -0.39 is 10.0 Å². The highest BCUT2D eigenvalue weighted by atomic mass is 32.2. The van der Waals surface area contributed by atoms with Crippen LogP contribution in [0.1, 0.15) is 34.8 Å². The molecule has 144 valence electrons. The number of nitrogens with zero attached hydrogens (tertiary/aromatic N) is 1. The lowest BCUT2D eigenvalue weighted by Gasteiger charge is -2.23. The van der Waals surface area contributed by atoms with Gasteiger partial charge in [-0.1, -0.05) is 30.3 Å². The summed E-state index contributed by atoms with van der Waals surface area (Å²) >= 11 is 0. The predicted octanol–water partition coefficient (Wildman–Crippen LogP) is 3.30. The van der Waals surface area contributed by atoms with Crippen molar-refractivity contribution in [2.45, 2.75) is 27.2 Å². The molecule has 1 N–H and O–H groups in total. The maximum absolute atomic E-state index is 12.4. The molecule has 1 amide bonds. The molecule has 0 atom stereocenters. The number of sulfonamides is 1. The molecule has 0 unspecified atom stereocenters. The van der Waals surface area contributed by atoms with Crippen molar-refractivity contribution < 1.29 is 18.0 Å². The minimum Gasteiger partial charge on any atom is -0.326 e. The minimum atomic E-state index is -3.60. The number of para-hydroxylation sites is 1. The van der Waals surface area contributed by atoms with E-state index in [4.69, 9.17) is 0 Å². The van der Waals surface area contributed by atoms with Crippen molar-refractivity contribution in [2.75, 3.05) is 22.4 Å². The smallest absolute Gasteiger partial charge is 0.232 e. The Morgan fingerprint density at radius 1 is 1.04 bits per heavy atom. The van der Waals surface area contributed by atoms with Crippen LogP contribution in [0, 0.1) is 13.8 Å². The second kappa shape index (κ2) is 8.35. The lowest BCUT2D eigenvalue weighted by atomic mass is 10.1. The van der Waals surface area contributed by atoms with Crippen LogP contribution in [0.5, 0.6) is 0 Å². The third-order valence-corrected chi connectivity index (χ3v) is 5.42. The molecule has 0 radical (unpaired) electrons. The summed E-state index contributed by atoms with van der Waals surface area (Å²) in [6.45, 7) is 5.20. The van der Waals surface area contributed by atoms with Gasteiger partial charge < -0.3 is 5.32 Å². The normalized spacial score (nSPS) is 11.1. The fraction of sp³-hybridized carbons (Fsp3) is 0.300. The van der Waals surface area contributed by atoms with Gasteiger partial charge in [0.05, 0.1) is 11.9 Å². The third-order valence-electron chi connectivity index (χ3n) is 4.23. The Morgan fingerprint density at radius 2 is 1.63 bits per heavy atom. The van der Waals surface area contributed by atoms with Crippen LogP contribution in [0.4, 0.5) is 11.4 Å². The molecule has 0 aliphatic heterocycles. The molecule has 0 aliphatic rings. The van der Waals surface area contributed by atoms with Crippen LogP contribution in [0.2, 0.25) is 0 Å². The van der Waals surface area contributed by atoms with Gasteiger partial charge in [0.15, 0.2) is 5.78 Å². The Bertz CT molecular complexity index is 947. The number of anilines is 2. The Labute approximate surface area is 160 Å². The maximum atomic E-state index is 12.4. The Balaban J connectivity index is 2.17. The predicted molar refractivity (Wildman–Crippen MR) is 108 cm³/mol. The number of hydrogen-bond donors (Lipinski definition) is 1. The van der Waals surface area contributed by atoms with Gasteiger partial charge >= 0.3 is 0 Å². The van der Waals surface area contributed by atoms with Crippen molar-refractivity contribution in [2.24, 2.45) is 0 Å². The number of nitrogens with one attached hydrogen (secondary N) is 1. The zero-order valence-corrected chi connectivity index (χ0v) is 16.8. The third kappa shape index (κ3) is 5.40. The molecule has 0 saturated heterocycles. The number of hydrogen-bond acceptors (Lipinski definition) is 4. The molecule has 0 aliphatic carbocycles. The van der Waals surface area contributed by atoms with Crippen molar-refractivity contribution in [3.63, 3.8) is 0 Å². The van der Waals surface area contributed by atoms with Crippen molar-refractivity contribution in [1.29, 1.82) is 0 Å². The van der Waals surface area contributed by atoms with Gasteiger partial charge in [-0.05, 0) is 44.0 Å². The van der Waals surface area contributed by atoms with Crippen LogP contribution in [0.15, 0.2) is 42.5 Å². The number of ketones is 1. The first-order valence-corrected chi connectivity index (χ1v) is 10.4. The summed E-state index contributed by atoms with van der Waals surface area (Å²) in [5, 5.41) is 2.85. The summed E-state index contributed by atoms with van der Waals surface area (Å²) in [5.41, 5.74) is 3.41. The Hall–Kier alpha value is -2.67. The van der Waals surface area contributed by atoms with Gasteiger partial charge in [0, 0.05) is 24.2 Å². The maximum Gasteiger partial charge on any atom is 0.232 e. The minimum absolute atomic E-state index is 0.00879. The molecule has 7 heteroatoms. The van der Waals surface area contributed by atoms with Crippen molar-refractivity contribution in [3.05, 3.63) is 59.2 Å². The molecule has 0 bridgehead atoms. The van der Waals surface area contributed by atoms with E-state index in [1.807, 2.05) is 32.0 Å². The molecular weight excluding hydrogens is 364 g/mol. The van der Waals surface area contributed by atoms with Gasteiger partial charge in [-0.25, -0.2) is 8.42 Å². The molecule has 6 nitrogen and oxygen atoms in total. The van der Waals surface area contributed by atoms with E-state index in [0.29, 0.717) is 11.3 Å². The zero-order chi connectivity index (χ0) is 20.2. The van der Waals surface area contributed by atoms with Crippen LogP contribution in [0.25, 0.3) is 0 Å². The van der Waals surface area contributed by atoms with Crippen LogP contribution < -0.4 is 9.62 Å². The standard InChI is InChI=1S/C20H24N2O4S/c1-14-7-5-8-15(2)20(14)21-19(24)11-12-22(27(4,25)26)18-10-6-9-17(13-18)16(3)23/h5-10,13H,11-12H2,1-4H3,(H,21,24). The largest absolute Gasteiger partial charge is 0.326 e. The van der Waals surface area contributed by atoms with Gasteiger partial charge in [-0.2, -0.15) is 0 Å². The molecular formula is C20H24N2O4S. The quantitative estimate of drug-likeness (QED) is 0.738. The molecule has 0 aromatic heterocycles. The van der Waals surface area contributed by atoms with Gasteiger partial charge in [0.25, 0.3) is 0 Å². The first-order chi connectivity index (χ1) is 12.6. The Kier molecular flexibility index (Phi) is 6.38. The second-order valence-corrected chi connectivity index (χ2v) is 8.41. The van der Waals surface area contributed by atoms with E-state index in [-0.39, 0.29) is 24.7 Å². The van der Waals surface area contributed by atoms with E-state index in [2.05, 4.69) is 5.32 Å². The number of amides is 1. The van der Waals surface area contributed by atoms with Crippen LogP contribution in [0.3, 0.4) is 0 Å². The highest BCUT2D eigenvalue weighted by Gasteiger charge is 2.20. The fourth-order valence-corrected chi connectivity index (χ4v) is 3.70.